The van der Waals surface area contributed by atoms with Crippen molar-refractivity contribution < 1.29 is 38.3 Å². The van der Waals surface area contributed by atoms with E-state index in [2.05, 4.69) is 15.5 Å². The number of imide groups is 2. The lowest BCUT2D eigenvalue weighted by Crippen LogP contribution is -2.49. The van der Waals surface area contributed by atoms with Gasteiger partial charge in [0.05, 0.1) is 23.2 Å². The molecule has 3 aliphatic heterocycles. The first-order valence-corrected chi connectivity index (χ1v) is 11.5. The number of rotatable bonds is 5. The lowest BCUT2D eigenvalue weighted by molar-refractivity contribution is -0.200. The van der Waals surface area contributed by atoms with Crippen LogP contribution >= 0.6 is 0 Å². The first kappa shape index (κ1) is 23.7. The van der Waals surface area contributed by atoms with E-state index >= 15 is 4.39 Å². The third-order valence-corrected chi connectivity index (χ3v) is 6.63. The lowest BCUT2D eigenvalue weighted by atomic mass is 9.88. The zero-order valence-corrected chi connectivity index (χ0v) is 19.1. The van der Waals surface area contributed by atoms with E-state index in [0.29, 0.717) is 16.0 Å². The van der Waals surface area contributed by atoms with Crippen LogP contribution < -0.4 is 15.1 Å². The Morgan fingerprint density at radius 1 is 1.08 bits per heavy atom. The molecule has 3 saturated heterocycles. The number of halogens is 1. The maximum atomic E-state index is 15.1. The predicted molar refractivity (Wildman–Crippen MR) is 120 cm³/mol. The van der Waals surface area contributed by atoms with E-state index in [-0.39, 0.29) is 69.2 Å². The summed E-state index contributed by atoms with van der Waals surface area (Å²) in [5.41, 5.74) is -0.690. The van der Waals surface area contributed by atoms with E-state index in [1.807, 2.05) is 0 Å². The second-order valence-electron chi connectivity index (χ2n) is 9.08. The van der Waals surface area contributed by atoms with Gasteiger partial charge in [0.1, 0.15) is 5.82 Å². The number of nitrogens with zero attached hydrogens (tertiary/aromatic N) is 4. The van der Waals surface area contributed by atoms with Gasteiger partial charge < -0.3 is 14.8 Å². The standard InChI is InChI=1S/C22H23FN6O7/c23-13-9-12-14(25-26-20(12)28-6-3-16(30)24-21(28)34)10-15(13)27-7-4-22(35,5-8-27)11-19(33)36-29-17(31)1-2-18(29)32/h9-10,35H,1-8,11H2,(H,25,26)(H,24,30,34). The van der Waals surface area contributed by atoms with Crippen molar-refractivity contribution in [2.24, 2.45) is 0 Å². The highest BCUT2D eigenvalue weighted by atomic mass is 19.1. The van der Waals surface area contributed by atoms with Crippen LogP contribution in [0.1, 0.15) is 38.5 Å². The summed E-state index contributed by atoms with van der Waals surface area (Å²) < 4.78 is 15.1. The highest BCUT2D eigenvalue weighted by Crippen LogP contribution is 2.35. The van der Waals surface area contributed by atoms with Crippen molar-refractivity contribution in [1.29, 1.82) is 0 Å². The Morgan fingerprint density at radius 3 is 2.44 bits per heavy atom. The Balaban J connectivity index is 1.25. The van der Waals surface area contributed by atoms with Gasteiger partial charge in [0.2, 0.25) is 5.91 Å². The number of H-pyrrole nitrogens is 1. The van der Waals surface area contributed by atoms with Crippen LogP contribution in [0.3, 0.4) is 0 Å². The number of aromatic amines is 1. The number of benzene rings is 1. The molecule has 1 aromatic carbocycles. The van der Waals surface area contributed by atoms with E-state index in [1.54, 1.807) is 11.0 Å². The highest BCUT2D eigenvalue weighted by molar-refractivity contribution is 6.09. The number of piperidine rings is 1. The van der Waals surface area contributed by atoms with Gasteiger partial charge in [0, 0.05) is 44.3 Å². The zero-order chi connectivity index (χ0) is 25.6. The summed E-state index contributed by atoms with van der Waals surface area (Å²) >= 11 is 0. The second-order valence-corrected chi connectivity index (χ2v) is 9.08. The first-order chi connectivity index (χ1) is 17.1. The number of nitrogens with one attached hydrogen (secondary N) is 2. The molecule has 13 nitrogen and oxygen atoms in total. The molecular formula is C22H23FN6O7. The monoisotopic (exact) mass is 502 g/mol. The molecule has 0 aliphatic carbocycles. The van der Waals surface area contributed by atoms with Gasteiger partial charge >= 0.3 is 12.0 Å². The summed E-state index contributed by atoms with van der Waals surface area (Å²) in [7, 11) is 0. The molecule has 5 amide bonds. The molecule has 0 unspecified atom stereocenters. The van der Waals surface area contributed by atoms with Gasteiger partial charge in [-0.2, -0.15) is 5.10 Å². The maximum absolute atomic E-state index is 15.1. The van der Waals surface area contributed by atoms with Crippen LogP contribution in [0.15, 0.2) is 12.1 Å². The molecular weight excluding hydrogens is 479 g/mol. The quantitative estimate of drug-likeness (QED) is 0.493. The first-order valence-electron chi connectivity index (χ1n) is 11.5. The summed E-state index contributed by atoms with van der Waals surface area (Å²) in [5, 5.41) is 20.8. The fourth-order valence-corrected chi connectivity index (χ4v) is 4.63. The molecule has 3 fully saturated rings. The molecule has 36 heavy (non-hydrogen) atoms. The summed E-state index contributed by atoms with van der Waals surface area (Å²) in [6.07, 6.45) is -0.109. The van der Waals surface area contributed by atoms with Gasteiger partial charge in [-0.1, -0.05) is 0 Å². The fraction of sp³-hybridized carbons (Fsp3) is 0.455. The van der Waals surface area contributed by atoms with E-state index in [1.165, 1.54) is 11.0 Å². The number of hydroxylamine groups is 2. The molecule has 0 spiro atoms. The molecule has 3 aliphatic rings. The molecule has 190 valence electrons. The van der Waals surface area contributed by atoms with Crippen molar-refractivity contribution >= 4 is 52.1 Å². The number of carbonyl (C=O) groups excluding carboxylic acids is 5. The molecule has 0 radical (unpaired) electrons. The highest BCUT2D eigenvalue weighted by Gasteiger charge is 2.39. The summed E-state index contributed by atoms with van der Waals surface area (Å²) in [6, 6.07) is 2.18. The Kier molecular flexibility index (Phi) is 5.82. The molecule has 1 aromatic heterocycles. The molecule has 0 bridgehead atoms. The minimum atomic E-state index is -1.43. The number of fused-ring (bicyclic) bond motifs is 1. The molecule has 5 rings (SSSR count). The van der Waals surface area contributed by atoms with Crippen molar-refractivity contribution in [2.75, 3.05) is 29.4 Å². The Labute approximate surface area is 203 Å². The van der Waals surface area contributed by atoms with Crippen LogP contribution in [0.2, 0.25) is 0 Å². The van der Waals surface area contributed by atoms with Gasteiger partial charge in [-0.25, -0.2) is 14.0 Å². The average molecular weight is 502 g/mol. The SMILES string of the molecule is O=C1CCN(c2n[nH]c3cc(N4CCC(O)(CC(=O)ON5C(=O)CCC5=O)CC4)c(F)cc23)C(=O)N1. The summed E-state index contributed by atoms with van der Waals surface area (Å²) in [5.74, 6) is -2.83. The number of urea groups is 1. The van der Waals surface area contributed by atoms with Crippen molar-refractivity contribution in [3.8, 4) is 0 Å². The Hall–Kier alpha value is -4.07. The normalized spacial score (nSPS) is 20.3. The van der Waals surface area contributed by atoms with Crippen molar-refractivity contribution in [2.45, 2.75) is 44.1 Å². The number of anilines is 2. The number of aromatic nitrogens is 2. The average Bonchev–Trinajstić information content (AvgIpc) is 3.36. The Morgan fingerprint density at radius 2 is 1.78 bits per heavy atom. The minimum absolute atomic E-state index is 0.0238. The largest absolute Gasteiger partial charge is 0.389 e. The molecule has 0 atom stereocenters. The number of hydrogen-bond acceptors (Lipinski definition) is 9. The smallest absolute Gasteiger partial charge is 0.336 e. The second kappa shape index (κ2) is 8.86. The molecule has 3 N–H and O–H groups in total. The van der Waals surface area contributed by atoms with E-state index in [0.717, 1.165) is 0 Å². The predicted octanol–water partition coefficient (Wildman–Crippen LogP) is 0.477. The van der Waals surface area contributed by atoms with E-state index < -0.39 is 41.7 Å². The molecule has 14 heteroatoms. The zero-order valence-electron chi connectivity index (χ0n) is 19.1. The Bertz CT molecular complexity index is 1270. The van der Waals surface area contributed by atoms with Crippen molar-refractivity contribution in [1.82, 2.24) is 20.6 Å². The number of hydrogen-bond donors (Lipinski definition) is 3. The van der Waals surface area contributed by atoms with Gasteiger partial charge in [0.25, 0.3) is 11.8 Å². The maximum Gasteiger partial charge on any atom is 0.336 e. The van der Waals surface area contributed by atoms with Crippen LogP contribution in [0.5, 0.6) is 0 Å². The van der Waals surface area contributed by atoms with Gasteiger partial charge in [-0.3, -0.25) is 29.7 Å². The van der Waals surface area contributed by atoms with Crippen LogP contribution in [-0.4, -0.2) is 75.3 Å². The third-order valence-electron chi connectivity index (χ3n) is 6.63. The molecule has 2 aromatic rings. The van der Waals surface area contributed by atoms with Gasteiger partial charge in [-0.05, 0) is 25.0 Å². The number of carbonyl (C=O) groups is 5. The lowest BCUT2D eigenvalue weighted by Gasteiger charge is -2.39. The number of aliphatic hydroxyl groups is 1. The van der Waals surface area contributed by atoms with Crippen LogP contribution in [0, 0.1) is 5.82 Å². The number of amides is 5. The van der Waals surface area contributed by atoms with Gasteiger partial charge in [0.15, 0.2) is 5.82 Å². The minimum Gasteiger partial charge on any atom is -0.389 e. The van der Waals surface area contributed by atoms with Gasteiger partial charge in [-0.15, -0.1) is 5.06 Å². The van der Waals surface area contributed by atoms with Crippen LogP contribution in [-0.2, 0) is 24.0 Å². The summed E-state index contributed by atoms with van der Waals surface area (Å²) in [4.78, 5) is 66.9. The summed E-state index contributed by atoms with van der Waals surface area (Å²) in [6.45, 7) is 0.581. The fourth-order valence-electron chi connectivity index (χ4n) is 4.63. The molecule has 4 heterocycles. The van der Waals surface area contributed by atoms with Crippen LogP contribution in [0.4, 0.5) is 20.7 Å². The van der Waals surface area contributed by atoms with E-state index in [9.17, 15) is 29.1 Å². The third kappa shape index (κ3) is 4.34. The van der Waals surface area contributed by atoms with Crippen molar-refractivity contribution in [3.05, 3.63) is 17.9 Å². The topological polar surface area (TPSA) is 165 Å². The molecule has 0 saturated carbocycles. The van der Waals surface area contributed by atoms with Crippen molar-refractivity contribution in [3.63, 3.8) is 0 Å². The van der Waals surface area contributed by atoms with E-state index in [4.69, 9.17) is 4.84 Å². The van der Waals surface area contributed by atoms with Crippen LogP contribution in [0.25, 0.3) is 10.9 Å².